The van der Waals surface area contributed by atoms with E-state index in [-0.39, 0.29) is 0 Å². The number of hydrogen-bond acceptors (Lipinski definition) is 3. The van der Waals surface area contributed by atoms with Gasteiger partial charge < -0.3 is 16.0 Å². The number of piperidine rings is 1. The van der Waals surface area contributed by atoms with Gasteiger partial charge in [0.25, 0.3) is 0 Å². The van der Waals surface area contributed by atoms with Crippen LogP contribution in [0.5, 0.6) is 0 Å². The lowest BCUT2D eigenvalue weighted by atomic mass is 9.74. The van der Waals surface area contributed by atoms with Gasteiger partial charge in [0.15, 0.2) is 0 Å². The van der Waals surface area contributed by atoms with E-state index < -0.39 is 0 Å². The third-order valence-electron chi connectivity index (χ3n) is 4.66. The number of rotatable bonds is 3. The van der Waals surface area contributed by atoms with Gasteiger partial charge in [-0.25, -0.2) is 0 Å². The van der Waals surface area contributed by atoms with E-state index in [1.165, 1.54) is 37.2 Å². The van der Waals surface area contributed by atoms with Gasteiger partial charge in [-0.05, 0) is 69.2 Å². The maximum absolute atomic E-state index is 6.17. The summed E-state index contributed by atoms with van der Waals surface area (Å²) < 4.78 is 0. The van der Waals surface area contributed by atoms with E-state index in [0.29, 0.717) is 5.41 Å². The molecule has 1 spiro atoms. The standard InChI is InChI=1S/C15H22ClN3.C2H6/c16-12-2-3-14-13(10-12)15(11-18-14)4-8-19(9-5-15)7-1-6-17;1-2/h2-3,10,18H,1,4-9,11,17H2;1-2H3. The van der Waals surface area contributed by atoms with Gasteiger partial charge in [-0.15, -0.1) is 0 Å². The number of likely N-dealkylation sites (tertiary alicyclic amines) is 1. The minimum Gasteiger partial charge on any atom is -0.384 e. The van der Waals surface area contributed by atoms with Gasteiger partial charge in [-0.3, -0.25) is 0 Å². The van der Waals surface area contributed by atoms with E-state index in [4.69, 9.17) is 17.3 Å². The third kappa shape index (κ3) is 3.53. The zero-order chi connectivity index (χ0) is 15.3. The number of nitrogens with one attached hydrogen (secondary N) is 1. The second-order valence-corrected chi connectivity index (χ2v) is 6.24. The predicted molar refractivity (Wildman–Crippen MR) is 92.3 cm³/mol. The molecule has 0 atom stereocenters. The van der Waals surface area contributed by atoms with Crippen molar-refractivity contribution in [1.29, 1.82) is 0 Å². The molecule has 4 heteroatoms. The van der Waals surface area contributed by atoms with Crippen LogP contribution in [0.15, 0.2) is 18.2 Å². The first-order valence-corrected chi connectivity index (χ1v) is 8.58. The fourth-order valence-electron chi connectivity index (χ4n) is 3.43. The van der Waals surface area contributed by atoms with Gasteiger partial charge in [-0.2, -0.15) is 0 Å². The number of benzene rings is 1. The Kier molecular flexibility index (Phi) is 5.91. The Morgan fingerprint density at radius 3 is 2.67 bits per heavy atom. The largest absolute Gasteiger partial charge is 0.384 e. The Balaban J connectivity index is 0.000000774. The Hall–Kier alpha value is -0.770. The maximum Gasteiger partial charge on any atom is 0.0410 e. The minimum atomic E-state index is 0.305. The molecule has 0 radical (unpaired) electrons. The van der Waals surface area contributed by atoms with Crippen molar-refractivity contribution in [3.8, 4) is 0 Å². The van der Waals surface area contributed by atoms with Crippen molar-refractivity contribution >= 4 is 17.3 Å². The van der Waals surface area contributed by atoms with Crippen molar-refractivity contribution in [2.45, 2.75) is 38.5 Å². The molecule has 0 bridgehead atoms. The summed E-state index contributed by atoms with van der Waals surface area (Å²) in [6.45, 7) is 9.35. The monoisotopic (exact) mass is 309 g/mol. The molecule has 0 amide bonds. The molecule has 2 aliphatic rings. The highest BCUT2D eigenvalue weighted by Crippen LogP contribution is 2.44. The molecule has 118 valence electrons. The summed E-state index contributed by atoms with van der Waals surface area (Å²) in [5.74, 6) is 0. The molecule has 2 aliphatic heterocycles. The Bertz CT molecular complexity index is 453. The molecule has 0 aliphatic carbocycles. The summed E-state index contributed by atoms with van der Waals surface area (Å²) in [5.41, 5.74) is 8.60. The molecule has 0 saturated carbocycles. The fraction of sp³-hybridized carbons (Fsp3) is 0.647. The van der Waals surface area contributed by atoms with E-state index in [1.54, 1.807) is 0 Å². The zero-order valence-corrected chi connectivity index (χ0v) is 14.0. The van der Waals surface area contributed by atoms with Crippen LogP contribution in [0.2, 0.25) is 5.02 Å². The smallest absolute Gasteiger partial charge is 0.0410 e. The van der Waals surface area contributed by atoms with Crippen LogP contribution < -0.4 is 11.1 Å². The van der Waals surface area contributed by atoms with Crippen LogP contribution in [-0.2, 0) is 5.41 Å². The van der Waals surface area contributed by atoms with Crippen molar-refractivity contribution in [2.75, 3.05) is 38.0 Å². The molecular formula is C17H28ClN3. The van der Waals surface area contributed by atoms with E-state index in [9.17, 15) is 0 Å². The highest BCUT2D eigenvalue weighted by Gasteiger charge is 2.41. The van der Waals surface area contributed by atoms with Gasteiger partial charge in [0.05, 0.1) is 0 Å². The first kappa shape index (κ1) is 16.6. The molecule has 1 aromatic carbocycles. The molecule has 3 rings (SSSR count). The lowest BCUT2D eigenvalue weighted by Gasteiger charge is -2.39. The topological polar surface area (TPSA) is 41.3 Å². The van der Waals surface area contributed by atoms with Crippen LogP contribution in [0.4, 0.5) is 5.69 Å². The van der Waals surface area contributed by atoms with Crippen LogP contribution in [0, 0.1) is 0 Å². The second-order valence-electron chi connectivity index (χ2n) is 5.81. The van der Waals surface area contributed by atoms with Crippen LogP contribution in [0.25, 0.3) is 0 Å². The number of nitrogens with two attached hydrogens (primary N) is 1. The number of hydrogen-bond donors (Lipinski definition) is 2. The predicted octanol–water partition coefficient (Wildman–Crippen LogP) is 3.47. The summed E-state index contributed by atoms with van der Waals surface area (Å²) in [4.78, 5) is 2.54. The van der Waals surface area contributed by atoms with Gasteiger partial charge in [0.1, 0.15) is 0 Å². The first-order chi connectivity index (χ1) is 10.2. The quantitative estimate of drug-likeness (QED) is 0.898. The van der Waals surface area contributed by atoms with Crippen LogP contribution in [0.1, 0.15) is 38.7 Å². The highest BCUT2D eigenvalue weighted by molar-refractivity contribution is 6.30. The van der Waals surface area contributed by atoms with Crippen LogP contribution in [0.3, 0.4) is 0 Å². The molecule has 0 unspecified atom stereocenters. The van der Waals surface area contributed by atoms with Crippen molar-refractivity contribution < 1.29 is 0 Å². The van der Waals surface area contributed by atoms with Gasteiger partial charge in [0, 0.05) is 22.7 Å². The average Bonchev–Trinajstić information content (AvgIpc) is 2.87. The van der Waals surface area contributed by atoms with E-state index in [0.717, 1.165) is 31.1 Å². The van der Waals surface area contributed by atoms with Crippen LogP contribution >= 0.6 is 11.6 Å². The van der Waals surface area contributed by atoms with Gasteiger partial charge >= 0.3 is 0 Å². The Morgan fingerprint density at radius 1 is 1.29 bits per heavy atom. The van der Waals surface area contributed by atoms with E-state index >= 15 is 0 Å². The Morgan fingerprint density at radius 2 is 2.00 bits per heavy atom. The highest BCUT2D eigenvalue weighted by atomic mass is 35.5. The SMILES string of the molecule is CC.NCCCN1CCC2(CC1)CNc1ccc(Cl)cc12. The molecule has 21 heavy (non-hydrogen) atoms. The molecule has 3 nitrogen and oxygen atoms in total. The van der Waals surface area contributed by atoms with Crippen molar-refractivity contribution in [2.24, 2.45) is 5.73 Å². The fourth-order valence-corrected chi connectivity index (χ4v) is 3.61. The number of halogens is 1. The zero-order valence-electron chi connectivity index (χ0n) is 13.3. The molecule has 3 N–H and O–H groups in total. The van der Waals surface area contributed by atoms with Gasteiger partial charge in [0.2, 0.25) is 0 Å². The molecule has 1 saturated heterocycles. The number of anilines is 1. The lowest BCUT2D eigenvalue weighted by Crippen LogP contribution is -2.44. The molecule has 0 aromatic heterocycles. The number of fused-ring (bicyclic) bond motifs is 2. The minimum absolute atomic E-state index is 0.305. The molecule has 2 heterocycles. The maximum atomic E-state index is 6.17. The third-order valence-corrected chi connectivity index (χ3v) is 4.90. The summed E-state index contributed by atoms with van der Waals surface area (Å²) in [7, 11) is 0. The average molecular weight is 310 g/mol. The Labute approximate surface area is 133 Å². The van der Waals surface area contributed by atoms with Crippen molar-refractivity contribution in [1.82, 2.24) is 4.90 Å². The molecular weight excluding hydrogens is 282 g/mol. The van der Waals surface area contributed by atoms with Crippen molar-refractivity contribution in [3.63, 3.8) is 0 Å². The van der Waals surface area contributed by atoms with Gasteiger partial charge in [-0.1, -0.05) is 25.4 Å². The second kappa shape index (κ2) is 7.48. The van der Waals surface area contributed by atoms with E-state index in [1.807, 2.05) is 19.9 Å². The number of nitrogens with zero attached hydrogens (tertiary/aromatic N) is 1. The summed E-state index contributed by atoms with van der Waals surface area (Å²) in [5, 5.41) is 4.40. The van der Waals surface area contributed by atoms with Crippen molar-refractivity contribution in [3.05, 3.63) is 28.8 Å². The normalized spacial score (nSPS) is 19.6. The first-order valence-electron chi connectivity index (χ1n) is 8.20. The van der Waals surface area contributed by atoms with Crippen LogP contribution in [-0.4, -0.2) is 37.6 Å². The lowest BCUT2D eigenvalue weighted by molar-refractivity contribution is 0.168. The summed E-state index contributed by atoms with van der Waals surface area (Å²) in [6, 6.07) is 6.25. The van der Waals surface area contributed by atoms with E-state index in [2.05, 4.69) is 22.3 Å². The summed E-state index contributed by atoms with van der Waals surface area (Å²) >= 11 is 6.17. The molecule has 1 aromatic rings. The molecule has 1 fully saturated rings. The summed E-state index contributed by atoms with van der Waals surface area (Å²) in [6.07, 6.45) is 3.55.